The number of rotatable bonds is 8. The van der Waals surface area contributed by atoms with Crippen molar-refractivity contribution >= 4 is 33.3 Å². The summed E-state index contributed by atoms with van der Waals surface area (Å²) in [4.78, 5) is 10.2. The number of aromatic hydroxyl groups is 1. The van der Waals surface area contributed by atoms with Crippen molar-refractivity contribution in [2.24, 2.45) is 5.10 Å². The summed E-state index contributed by atoms with van der Waals surface area (Å²) in [5, 5.41) is 25.4. The molecule has 0 heterocycles. The molecular weight excluding hydrogens is 448 g/mol. The van der Waals surface area contributed by atoms with E-state index in [0.717, 1.165) is 17.7 Å². The average molecular weight is 471 g/mol. The number of anilines is 2. The highest BCUT2D eigenvalue weighted by Gasteiger charge is 2.23. The summed E-state index contributed by atoms with van der Waals surface area (Å²) in [6.07, 6.45) is 1.27. The third-order valence-electron chi connectivity index (χ3n) is 4.73. The first-order chi connectivity index (χ1) is 15.6. The van der Waals surface area contributed by atoms with Gasteiger partial charge in [-0.2, -0.15) is 5.10 Å². The van der Waals surface area contributed by atoms with E-state index in [1.165, 1.54) is 19.4 Å². The molecule has 3 aromatic carbocycles. The second-order valence-electron chi connectivity index (χ2n) is 7.13. The molecule has 0 saturated heterocycles. The summed E-state index contributed by atoms with van der Waals surface area (Å²) in [7, 11) is -2.80. The van der Waals surface area contributed by atoms with Gasteiger partial charge in [0.15, 0.2) is 11.5 Å². The molecule has 0 radical (unpaired) electrons. The van der Waals surface area contributed by atoms with Crippen LogP contribution < -0.4 is 14.9 Å². The lowest BCUT2D eigenvalue weighted by Crippen LogP contribution is -2.16. The Morgan fingerprint density at radius 3 is 2.48 bits per heavy atom. The number of methoxy groups -OCH3 is 1. The number of sulfonamides is 1. The molecule has 3 aromatic rings. The van der Waals surface area contributed by atoms with Crippen molar-refractivity contribution in [1.82, 2.24) is 0 Å². The van der Waals surface area contributed by atoms with Crippen LogP contribution in [-0.2, 0) is 10.0 Å². The first-order valence-electron chi connectivity index (χ1n) is 9.66. The zero-order chi connectivity index (χ0) is 24.2. The lowest BCUT2D eigenvalue weighted by Gasteiger charge is -2.14. The van der Waals surface area contributed by atoms with Gasteiger partial charge in [-0.25, -0.2) is 8.42 Å². The van der Waals surface area contributed by atoms with Crippen LogP contribution in [0.2, 0.25) is 0 Å². The van der Waals surface area contributed by atoms with Gasteiger partial charge in [-0.1, -0.05) is 23.8 Å². The topological polar surface area (TPSA) is 143 Å². The Hall–Kier alpha value is -4.12. The third kappa shape index (κ3) is 5.39. The number of non-ortho nitro benzene ring substituents is 1. The predicted octanol–water partition coefficient (Wildman–Crippen LogP) is 4.17. The van der Waals surface area contributed by atoms with Crippen molar-refractivity contribution < 1.29 is 23.2 Å². The molecule has 0 amide bonds. The summed E-state index contributed by atoms with van der Waals surface area (Å²) >= 11 is 0. The summed E-state index contributed by atoms with van der Waals surface area (Å²) in [5.41, 5.74) is 4.53. The summed E-state index contributed by atoms with van der Waals surface area (Å²) in [6, 6.07) is 13.4. The Balaban J connectivity index is 1.97. The number of nitrogens with zero attached hydrogens (tertiary/aromatic N) is 2. The maximum absolute atomic E-state index is 13.1. The van der Waals surface area contributed by atoms with E-state index in [-0.39, 0.29) is 22.1 Å². The van der Waals surface area contributed by atoms with Gasteiger partial charge >= 0.3 is 0 Å². The van der Waals surface area contributed by atoms with Crippen molar-refractivity contribution in [1.29, 1.82) is 0 Å². The van der Waals surface area contributed by atoms with Gasteiger partial charge in [0.2, 0.25) is 0 Å². The minimum absolute atomic E-state index is 0.0106. The summed E-state index contributed by atoms with van der Waals surface area (Å²) in [5.74, 6) is 0.105. The van der Waals surface area contributed by atoms with Crippen LogP contribution in [-0.4, -0.2) is 31.8 Å². The Labute approximate surface area is 190 Å². The molecule has 33 heavy (non-hydrogen) atoms. The Kier molecular flexibility index (Phi) is 6.83. The first-order valence-corrected chi connectivity index (χ1v) is 11.1. The maximum Gasteiger partial charge on any atom is 0.270 e. The molecule has 3 rings (SSSR count). The minimum atomic E-state index is -4.21. The molecule has 3 N–H and O–H groups in total. The number of hydrazone groups is 1. The molecule has 10 nitrogen and oxygen atoms in total. The van der Waals surface area contributed by atoms with E-state index < -0.39 is 20.6 Å². The number of nitrogens with one attached hydrogen (secondary N) is 2. The first kappa shape index (κ1) is 23.5. The number of nitro benzene ring substituents is 1. The van der Waals surface area contributed by atoms with Crippen LogP contribution in [0, 0.1) is 24.0 Å². The van der Waals surface area contributed by atoms with Crippen molar-refractivity contribution in [3.8, 4) is 11.5 Å². The highest BCUT2D eigenvalue weighted by Crippen LogP contribution is 2.30. The molecule has 0 bridgehead atoms. The van der Waals surface area contributed by atoms with E-state index >= 15 is 0 Å². The zero-order valence-electron chi connectivity index (χ0n) is 18.1. The van der Waals surface area contributed by atoms with E-state index in [2.05, 4.69) is 15.2 Å². The Bertz CT molecular complexity index is 1340. The van der Waals surface area contributed by atoms with Gasteiger partial charge in [-0.3, -0.25) is 20.3 Å². The Morgan fingerprint density at radius 2 is 1.82 bits per heavy atom. The SMILES string of the molecule is COc1cccc(C=NNc2ccc([N+](=O)[O-])cc2S(=O)(=O)Nc2ccc(C)cc2C)c1O. The van der Waals surface area contributed by atoms with Crippen LogP contribution >= 0.6 is 0 Å². The van der Waals surface area contributed by atoms with E-state index in [1.807, 2.05) is 13.0 Å². The van der Waals surface area contributed by atoms with Crippen LogP contribution in [0.3, 0.4) is 0 Å². The van der Waals surface area contributed by atoms with Crippen molar-refractivity contribution in [2.45, 2.75) is 18.7 Å². The van der Waals surface area contributed by atoms with Crippen LogP contribution in [0.4, 0.5) is 17.1 Å². The monoisotopic (exact) mass is 470 g/mol. The van der Waals surface area contributed by atoms with Gasteiger partial charge in [-0.15, -0.1) is 0 Å². The third-order valence-corrected chi connectivity index (χ3v) is 6.14. The molecule has 0 aliphatic carbocycles. The number of ether oxygens (including phenoxy) is 1. The van der Waals surface area contributed by atoms with E-state index in [9.17, 15) is 23.6 Å². The Morgan fingerprint density at radius 1 is 1.09 bits per heavy atom. The van der Waals surface area contributed by atoms with E-state index in [1.54, 1.807) is 37.3 Å². The van der Waals surface area contributed by atoms with Crippen LogP contribution in [0.5, 0.6) is 11.5 Å². The van der Waals surface area contributed by atoms with Gasteiger partial charge in [0.1, 0.15) is 4.90 Å². The fourth-order valence-corrected chi connectivity index (χ4v) is 4.35. The summed E-state index contributed by atoms with van der Waals surface area (Å²) < 4.78 is 33.8. The van der Waals surface area contributed by atoms with Gasteiger partial charge in [0.05, 0.1) is 29.6 Å². The van der Waals surface area contributed by atoms with Crippen LogP contribution in [0.15, 0.2) is 64.6 Å². The fourth-order valence-electron chi connectivity index (χ4n) is 3.05. The van der Waals surface area contributed by atoms with E-state index in [4.69, 9.17) is 4.74 Å². The number of hydrogen-bond donors (Lipinski definition) is 3. The van der Waals surface area contributed by atoms with Gasteiger partial charge in [-0.05, 0) is 43.7 Å². The quantitative estimate of drug-likeness (QED) is 0.255. The van der Waals surface area contributed by atoms with E-state index in [0.29, 0.717) is 16.8 Å². The van der Waals surface area contributed by atoms with Crippen molar-refractivity contribution in [3.63, 3.8) is 0 Å². The smallest absolute Gasteiger partial charge is 0.270 e. The molecule has 11 heteroatoms. The normalized spacial score (nSPS) is 11.4. The number of aryl methyl sites for hydroxylation is 2. The predicted molar refractivity (Wildman–Crippen MR) is 126 cm³/mol. The molecule has 0 aliphatic rings. The molecule has 172 valence electrons. The minimum Gasteiger partial charge on any atom is -0.504 e. The van der Waals surface area contributed by atoms with Crippen LogP contribution in [0.25, 0.3) is 0 Å². The highest BCUT2D eigenvalue weighted by atomic mass is 32.2. The number of hydrogen-bond acceptors (Lipinski definition) is 8. The number of phenols is 1. The maximum atomic E-state index is 13.1. The molecule has 0 spiro atoms. The van der Waals surface area contributed by atoms with Gasteiger partial charge in [0.25, 0.3) is 15.7 Å². The summed E-state index contributed by atoms with van der Waals surface area (Å²) in [6.45, 7) is 3.63. The molecule has 0 unspecified atom stereocenters. The molecule has 0 fully saturated rings. The second-order valence-corrected chi connectivity index (χ2v) is 8.78. The lowest BCUT2D eigenvalue weighted by atomic mass is 10.1. The molecule has 0 atom stereocenters. The standard InChI is InChI=1S/C22H22N4O6S/c1-14-7-9-18(15(2)11-14)25-33(30,31)21-12-17(26(28)29)8-10-19(21)24-23-13-16-5-4-6-20(32-3)22(16)27/h4-13,24-25,27H,1-3H3. The highest BCUT2D eigenvalue weighted by molar-refractivity contribution is 7.92. The molecule has 0 saturated carbocycles. The van der Waals surface area contributed by atoms with Gasteiger partial charge in [0, 0.05) is 17.7 Å². The number of phenolic OH excluding ortho intramolecular Hbond substituents is 1. The van der Waals surface area contributed by atoms with Crippen molar-refractivity contribution in [2.75, 3.05) is 17.3 Å². The zero-order valence-corrected chi connectivity index (χ0v) is 18.9. The molecule has 0 aromatic heterocycles. The number of benzene rings is 3. The average Bonchev–Trinajstić information content (AvgIpc) is 2.77. The van der Waals surface area contributed by atoms with Crippen molar-refractivity contribution in [3.05, 3.63) is 81.4 Å². The number of nitro groups is 1. The molecule has 0 aliphatic heterocycles. The van der Waals surface area contributed by atoms with Gasteiger partial charge < -0.3 is 9.84 Å². The van der Waals surface area contributed by atoms with Crippen LogP contribution in [0.1, 0.15) is 16.7 Å². The lowest BCUT2D eigenvalue weighted by molar-refractivity contribution is -0.385. The molecular formula is C22H22N4O6S. The fraction of sp³-hybridized carbons (Fsp3) is 0.136. The largest absolute Gasteiger partial charge is 0.504 e. The second kappa shape index (κ2) is 9.57. The number of para-hydroxylation sites is 1.